The molecule has 25 heavy (non-hydrogen) atoms. The van der Waals surface area contributed by atoms with Gasteiger partial charge >= 0.3 is 6.03 Å². The zero-order valence-corrected chi connectivity index (χ0v) is 16.4. The molecule has 7 nitrogen and oxygen atoms in total. The Kier molecular flexibility index (Phi) is 9.15. The van der Waals surface area contributed by atoms with Crippen LogP contribution in [0.5, 0.6) is 0 Å². The van der Waals surface area contributed by atoms with Crippen LogP contribution in [0.15, 0.2) is 22.7 Å². The second-order valence-electron chi connectivity index (χ2n) is 5.84. The van der Waals surface area contributed by atoms with E-state index in [4.69, 9.17) is 0 Å². The monoisotopic (exact) mass is 412 g/mol. The van der Waals surface area contributed by atoms with Gasteiger partial charge in [0.2, 0.25) is 11.8 Å². The minimum absolute atomic E-state index is 0.0420. The highest BCUT2D eigenvalue weighted by Gasteiger charge is 2.13. The van der Waals surface area contributed by atoms with Crippen LogP contribution in [0.25, 0.3) is 0 Å². The van der Waals surface area contributed by atoms with Gasteiger partial charge in [-0.25, -0.2) is 4.79 Å². The highest BCUT2D eigenvalue weighted by atomic mass is 79.9. The Balaban J connectivity index is 2.37. The summed E-state index contributed by atoms with van der Waals surface area (Å²) in [5.41, 5.74) is 1.66. The van der Waals surface area contributed by atoms with Crippen molar-refractivity contribution in [3.05, 3.63) is 28.2 Å². The Labute approximate surface area is 156 Å². The number of nitrogens with one attached hydrogen (secondary N) is 3. The second kappa shape index (κ2) is 10.8. The summed E-state index contributed by atoms with van der Waals surface area (Å²) in [4.78, 5) is 36.9. The lowest BCUT2D eigenvalue weighted by atomic mass is 10.2. The number of hydrogen-bond acceptors (Lipinski definition) is 4. The van der Waals surface area contributed by atoms with E-state index in [0.717, 1.165) is 28.6 Å². The van der Waals surface area contributed by atoms with Gasteiger partial charge in [0.25, 0.3) is 0 Å². The summed E-state index contributed by atoms with van der Waals surface area (Å²) in [5.74, 6) is -0.683. The summed E-state index contributed by atoms with van der Waals surface area (Å²) in [5, 5.41) is 7.64. The van der Waals surface area contributed by atoms with Crippen molar-refractivity contribution in [1.29, 1.82) is 0 Å². The third-order valence-corrected chi connectivity index (χ3v) is 3.85. The van der Waals surface area contributed by atoms with Gasteiger partial charge in [-0.15, -0.1) is 0 Å². The number of anilines is 1. The van der Waals surface area contributed by atoms with Crippen molar-refractivity contribution in [3.63, 3.8) is 0 Å². The Hall–Kier alpha value is -1.93. The van der Waals surface area contributed by atoms with Gasteiger partial charge in [-0.2, -0.15) is 0 Å². The smallest absolute Gasteiger partial charge is 0.321 e. The number of nitrogens with zero attached hydrogens (tertiary/aromatic N) is 1. The molecule has 0 fully saturated rings. The molecule has 8 heteroatoms. The zero-order valence-electron chi connectivity index (χ0n) is 14.8. The Morgan fingerprint density at radius 2 is 1.84 bits per heavy atom. The van der Waals surface area contributed by atoms with E-state index in [1.54, 1.807) is 7.05 Å². The number of benzene rings is 1. The normalized spacial score (nSPS) is 10.4. The maximum absolute atomic E-state index is 12.1. The molecule has 138 valence electrons. The molecule has 4 amide bonds. The molecule has 0 saturated heterocycles. The van der Waals surface area contributed by atoms with Crippen LogP contribution in [-0.4, -0.2) is 49.4 Å². The van der Waals surface area contributed by atoms with E-state index in [9.17, 15) is 14.4 Å². The fraction of sp³-hybridized carbons (Fsp3) is 0.471. The van der Waals surface area contributed by atoms with E-state index < -0.39 is 11.9 Å². The molecule has 0 saturated carbocycles. The Morgan fingerprint density at radius 1 is 1.16 bits per heavy atom. The number of halogens is 1. The molecule has 1 aromatic rings. The van der Waals surface area contributed by atoms with Crippen LogP contribution in [0.2, 0.25) is 0 Å². The fourth-order valence-corrected chi connectivity index (χ4v) is 2.57. The standard InChI is InChI=1S/C17H25BrN4O3/c1-4-5-8-19-17(25)21-16(24)11-22(3)10-15(23)20-14-7-6-13(18)9-12(14)2/h6-7,9H,4-5,8,10-11H2,1-3H3,(H,20,23)(H2,19,21,24,25). The van der Waals surface area contributed by atoms with Crippen LogP contribution in [0, 0.1) is 6.92 Å². The average molecular weight is 413 g/mol. The van der Waals surface area contributed by atoms with Crippen LogP contribution in [0.4, 0.5) is 10.5 Å². The van der Waals surface area contributed by atoms with Gasteiger partial charge in [0.15, 0.2) is 0 Å². The first-order valence-electron chi connectivity index (χ1n) is 8.14. The van der Waals surface area contributed by atoms with Gasteiger partial charge in [0, 0.05) is 16.7 Å². The molecule has 1 aromatic carbocycles. The average Bonchev–Trinajstić information content (AvgIpc) is 2.49. The Bertz CT molecular complexity index is 622. The molecule has 3 N–H and O–H groups in total. The first-order valence-corrected chi connectivity index (χ1v) is 8.93. The van der Waals surface area contributed by atoms with E-state index in [-0.39, 0.29) is 19.0 Å². The quantitative estimate of drug-likeness (QED) is 0.571. The second-order valence-corrected chi connectivity index (χ2v) is 6.75. The predicted octanol–water partition coefficient (Wildman–Crippen LogP) is 2.25. The van der Waals surface area contributed by atoms with E-state index in [1.807, 2.05) is 32.0 Å². The van der Waals surface area contributed by atoms with Gasteiger partial charge in [-0.1, -0.05) is 29.3 Å². The number of imide groups is 1. The lowest BCUT2D eigenvalue weighted by molar-refractivity contribution is -0.122. The summed E-state index contributed by atoms with van der Waals surface area (Å²) in [6.07, 6.45) is 1.82. The lowest BCUT2D eigenvalue weighted by Gasteiger charge is -2.16. The lowest BCUT2D eigenvalue weighted by Crippen LogP contribution is -2.45. The maximum Gasteiger partial charge on any atom is 0.321 e. The molecule has 0 heterocycles. The van der Waals surface area contributed by atoms with E-state index in [1.165, 1.54) is 4.90 Å². The third kappa shape index (κ3) is 8.64. The van der Waals surface area contributed by atoms with Crippen molar-refractivity contribution in [2.45, 2.75) is 26.7 Å². The van der Waals surface area contributed by atoms with Crippen molar-refractivity contribution in [3.8, 4) is 0 Å². The molecule has 0 radical (unpaired) electrons. The number of carbonyl (C=O) groups is 3. The number of hydrogen-bond donors (Lipinski definition) is 3. The number of urea groups is 1. The SMILES string of the molecule is CCCCNC(=O)NC(=O)CN(C)CC(=O)Nc1ccc(Br)cc1C. The Morgan fingerprint density at radius 3 is 2.48 bits per heavy atom. The van der Waals surface area contributed by atoms with Crippen molar-refractivity contribution < 1.29 is 14.4 Å². The first kappa shape index (κ1) is 21.1. The molecule has 0 spiro atoms. The predicted molar refractivity (Wildman–Crippen MR) is 101 cm³/mol. The number of carbonyl (C=O) groups excluding carboxylic acids is 3. The van der Waals surface area contributed by atoms with E-state index >= 15 is 0 Å². The topological polar surface area (TPSA) is 90.5 Å². The molecule has 0 bridgehead atoms. The molecule has 0 aliphatic heterocycles. The molecule has 0 unspecified atom stereocenters. The van der Waals surface area contributed by atoms with E-state index in [2.05, 4.69) is 31.9 Å². The highest BCUT2D eigenvalue weighted by molar-refractivity contribution is 9.10. The van der Waals surface area contributed by atoms with Gasteiger partial charge in [-0.05, 0) is 44.2 Å². The summed E-state index contributed by atoms with van der Waals surface area (Å²) >= 11 is 3.37. The molecule has 0 atom stereocenters. The van der Waals surface area contributed by atoms with Crippen molar-refractivity contribution in [2.75, 3.05) is 32.0 Å². The zero-order chi connectivity index (χ0) is 18.8. The number of rotatable bonds is 8. The first-order chi connectivity index (χ1) is 11.8. The van der Waals surface area contributed by atoms with Crippen LogP contribution in [0.1, 0.15) is 25.3 Å². The largest absolute Gasteiger partial charge is 0.338 e. The molecule has 1 rings (SSSR count). The van der Waals surface area contributed by atoms with Gasteiger partial charge in [-0.3, -0.25) is 19.8 Å². The van der Waals surface area contributed by atoms with Gasteiger partial charge < -0.3 is 10.6 Å². The number of unbranched alkanes of at least 4 members (excludes halogenated alkanes) is 1. The summed E-state index contributed by atoms with van der Waals surface area (Å²) in [7, 11) is 1.64. The van der Waals surface area contributed by atoms with Crippen LogP contribution < -0.4 is 16.0 Å². The maximum atomic E-state index is 12.1. The van der Waals surface area contributed by atoms with Crippen molar-refractivity contribution in [1.82, 2.24) is 15.5 Å². The third-order valence-electron chi connectivity index (χ3n) is 3.36. The minimum atomic E-state index is -0.512. The van der Waals surface area contributed by atoms with Gasteiger partial charge in [0.1, 0.15) is 0 Å². The van der Waals surface area contributed by atoms with Gasteiger partial charge in [0.05, 0.1) is 13.1 Å². The molecular weight excluding hydrogens is 388 g/mol. The summed E-state index contributed by atoms with van der Waals surface area (Å²) in [6.45, 7) is 4.43. The van der Waals surface area contributed by atoms with Crippen LogP contribution in [-0.2, 0) is 9.59 Å². The molecule has 0 aliphatic carbocycles. The number of likely N-dealkylation sites (N-methyl/N-ethyl adjacent to an activating group) is 1. The van der Waals surface area contributed by atoms with Crippen LogP contribution in [0.3, 0.4) is 0 Å². The number of aryl methyl sites for hydroxylation is 1. The van der Waals surface area contributed by atoms with Crippen LogP contribution >= 0.6 is 15.9 Å². The van der Waals surface area contributed by atoms with E-state index in [0.29, 0.717) is 6.54 Å². The van der Waals surface area contributed by atoms with Crippen molar-refractivity contribution >= 4 is 39.5 Å². The summed E-state index contributed by atoms with van der Waals surface area (Å²) in [6, 6.07) is 5.05. The minimum Gasteiger partial charge on any atom is -0.338 e. The molecule has 0 aliphatic rings. The molecular formula is C17H25BrN4O3. The number of amides is 4. The summed E-state index contributed by atoms with van der Waals surface area (Å²) < 4.78 is 0.939. The fourth-order valence-electron chi connectivity index (χ4n) is 2.09. The highest BCUT2D eigenvalue weighted by Crippen LogP contribution is 2.19. The van der Waals surface area contributed by atoms with Crippen molar-refractivity contribution in [2.24, 2.45) is 0 Å². The molecule has 0 aromatic heterocycles.